The van der Waals surface area contributed by atoms with Crippen molar-refractivity contribution < 1.29 is 28.8 Å². The quantitative estimate of drug-likeness (QED) is 0.473. The third kappa shape index (κ3) is 5.03. The summed E-state index contributed by atoms with van der Waals surface area (Å²) in [5, 5.41) is 17.4. The molecule has 0 bridgehead atoms. The fraction of sp³-hybridized carbons (Fsp3) is 0.250. The fourth-order valence-electron chi connectivity index (χ4n) is 3.89. The summed E-state index contributed by atoms with van der Waals surface area (Å²) < 4.78 is 10.4. The van der Waals surface area contributed by atoms with Crippen LogP contribution in [0.4, 0.5) is 10.7 Å². The number of fused-ring (bicyclic) bond motifs is 3. The standard InChI is InChI=1S/C24H23N3O6/c1-14(10-11-22(28)29)25-23(30)20-12-21(33-27-20)26-24(31)32-13-19-17-8-4-2-6-15(17)16-7-3-5-9-18(16)19/h2-9,12,14,19H,10-11,13H2,1H3,(H,25,30)(H,26,31)(H,28,29). The third-order valence-corrected chi connectivity index (χ3v) is 5.48. The molecular weight excluding hydrogens is 426 g/mol. The lowest BCUT2D eigenvalue weighted by Crippen LogP contribution is -2.33. The highest BCUT2D eigenvalue weighted by Crippen LogP contribution is 2.44. The largest absolute Gasteiger partial charge is 0.481 e. The Morgan fingerprint density at radius 1 is 1.09 bits per heavy atom. The zero-order chi connectivity index (χ0) is 23.4. The van der Waals surface area contributed by atoms with Crippen LogP contribution in [0.1, 0.15) is 47.3 Å². The number of ether oxygens (including phenoxy) is 1. The number of aliphatic carboxylic acids is 1. The number of rotatable bonds is 8. The summed E-state index contributed by atoms with van der Waals surface area (Å²) >= 11 is 0. The molecule has 3 aromatic rings. The van der Waals surface area contributed by atoms with Crippen molar-refractivity contribution in [3.05, 3.63) is 71.4 Å². The summed E-state index contributed by atoms with van der Waals surface area (Å²) in [6.45, 7) is 1.83. The number of hydrogen-bond donors (Lipinski definition) is 3. The van der Waals surface area contributed by atoms with Gasteiger partial charge < -0.3 is 19.7 Å². The average Bonchev–Trinajstić information content (AvgIpc) is 3.39. The molecule has 1 aliphatic rings. The molecule has 1 aliphatic carbocycles. The number of carbonyl (C=O) groups is 3. The molecule has 2 aromatic carbocycles. The van der Waals surface area contributed by atoms with E-state index < -0.39 is 18.0 Å². The fourth-order valence-corrected chi connectivity index (χ4v) is 3.89. The number of anilines is 1. The van der Waals surface area contributed by atoms with Crippen molar-refractivity contribution >= 4 is 23.9 Å². The van der Waals surface area contributed by atoms with E-state index >= 15 is 0 Å². The maximum absolute atomic E-state index is 12.3. The van der Waals surface area contributed by atoms with Crippen LogP contribution in [0.3, 0.4) is 0 Å². The topological polar surface area (TPSA) is 131 Å². The van der Waals surface area contributed by atoms with E-state index in [1.807, 2.05) is 36.4 Å². The maximum Gasteiger partial charge on any atom is 0.414 e. The molecule has 0 fully saturated rings. The predicted molar refractivity (Wildman–Crippen MR) is 119 cm³/mol. The Kier molecular flexibility index (Phi) is 6.39. The normalized spacial score (nSPS) is 13.0. The molecule has 0 saturated heterocycles. The zero-order valence-electron chi connectivity index (χ0n) is 17.9. The van der Waals surface area contributed by atoms with E-state index in [4.69, 9.17) is 14.4 Å². The van der Waals surface area contributed by atoms with Crippen LogP contribution in [0.15, 0.2) is 59.1 Å². The number of nitrogens with one attached hydrogen (secondary N) is 2. The minimum Gasteiger partial charge on any atom is -0.481 e. The van der Waals surface area contributed by atoms with Gasteiger partial charge in [0.15, 0.2) is 5.69 Å². The summed E-state index contributed by atoms with van der Waals surface area (Å²) in [5.74, 6) is -1.58. The van der Waals surface area contributed by atoms with Crippen molar-refractivity contribution in [3.8, 4) is 11.1 Å². The molecule has 2 amide bonds. The summed E-state index contributed by atoms with van der Waals surface area (Å²) in [5.41, 5.74) is 4.42. The molecule has 4 rings (SSSR count). The number of nitrogens with zero attached hydrogens (tertiary/aromatic N) is 1. The molecule has 170 valence electrons. The van der Waals surface area contributed by atoms with Gasteiger partial charge in [-0.05, 0) is 35.6 Å². The minimum atomic E-state index is -0.938. The molecule has 0 radical (unpaired) electrons. The number of carbonyl (C=O) groups excluding carboxylic acids is 2. The number of hydrogen-bond acceptors (Lipinski definition) is 6. The molecular formula is C24H23N3O6. The summed E-state index contributed by atoms with van der Waals surface area (Å²) in [6, 6.07) is 17.0. The highest BCUT2D eigenvalue weighted by molar-refractivity contribution is 5.94. The first-order chi connectivity index (χ1) is 15.9. The SMILES string of the molecule is CC(CCC(=O)O)NC(=O)c1cc(NC(=O)OCC2c3ccccc3-c3ccccc32)on1. The van der Waals surface area contributed by atoms with E-state index in [9.17, 15) is 14.4 Å². The first-order valence-electron chi connectivity index (χ1n) is 10.5. The first kappa shape index (κ1) is 22.1. The van der Waals surface area contributed by atoms with Gasteiger partial charge in [-0.25, -0.2) is 4.79 Å². The van der Waals surface area contributed by atoms with Gasteiger partial charge in [-0.3, -0.25) is 14.9 Å². The van der Waals surface area contributed by atoms with Crippen molar-refractivity contribution in [3.63, 3.8) is 0 Å². The zero-order valence-corrected chi connectivity index (χ0v) is 17.9. The molecule has 1 aromatic heterocycles. The number of amides is 2. The Hall–Kier alpha value is -4.14. The van der Waals surface area contributed by atoms with Crippen molar-refractivity contribution in [2.75, 3.05) is 11.9 Å². The molecule has 1 unspecified atom stereocenters. The van der Waals surface area contributed by atoms with Gasteiger partial charge in [-0.15, -0.1) is 0 Å². The van der Waals surface area contributed by atoms with Gasteiger partial charge >= 0.3 is 12.1 Å². The number of benzene rings is 2. The van der Waals surface area contributed by atoms with Gasteiger partial charge in [0.1, 0.15) is 6.61 Å². The van der Waals surface area contributed by atoms with Crippen molar-refractivity contribution in [2.24, 2.45) is 0 Å². The third-order valence-electron chi connectivity index (χ3n) is 5.48. The number of aromatic nitrogens is 1. The second kappa shape index (κ2) is 9.56. The summed E-state index contributed by atoms with van der Waals surface area (Å²) in [4.78, 5) is 35.2. The molecule has 1 atom stereocenters. The van der Waals surface area contributed by atoms with Crippen LogP contribution >= 0.6 is 0 Å². The summed E-state index contributed by atoms with van der Waals surface area (Å²) in [6.07, 6.45) is -0.506. The lowest BCUT2D eigenvalue weighted by Gasteiger charge is -2.13. The van der Waals surface area contributed by atoms with E-state index in [1.54, 1.807) is 6.92 Å². The van der Waals surface area contributed by atoms with E-state index in [0.717, 1.165) is 22.3 Å². The minimum absolute atomic E-state index is 0.0319. The maximum atomic E-state index is 12.3. The average molecular weight is 449 g/mol. The van der Waals surface area contributed by atoms with E-state index in [1.165, 1.54) is 6.07 Å². The van der Waals surface area contributed by atoms with Crippen LogP contribution in [0.5, 0.6) is 0 Å². The lowest BCUT2D eigenvalue weighted by molar-refractivity contribution is -0.137. The Balaban J connectivity index is 1.33. The Morgan fingerprint density at radius 3 is 2.36 bits per heavy atom. The summed E-state index contributed by atoms with van der Waals surface area (Å²) in [7, 11) is 0. The highest BCUT2D eigenvalue weighted by Gasteiger charge is 2.29. The van der Waals surface area contributed by atoms with Crippen LogP contribution in [0.2, 0.25) is 0 Å². The molecule has 0 saturated carbocycles. The Morgan fingerprint density at radius 2 is 1.73 bits per heavy atom. The second-order valence-corrected chi connectivity index (χ2v) is 7.83. The van der Waals surface area contributed by atoms with Crippen LogP contribution in [-0.4, -0.2) is 40.9 Å². The van der Waals surface area contributed by atoms with Gasteiger partial charge in [0.25, 0.3) is 5.91 Å². The van der Waals surface area contributed by atoms with Crippen LogP contribution < -0.4 is 10.6 Å². The van der Waals surface area contributed by atoms with Gasteiger partial charge in [0.2, 0.25) is 5.88 Å². The number of carboxylic acids is 1. The molecule has 9 nitrogen and oxygen atoms in total. The monoisotopic (exact) mass is 449 g/mol. The molecule has 3 N–H and O–H groups in total. The first-order valence-corrected chi connectivity index (χ1v) is 10.5. The molecule has 0 spiro atoms. The van der Waals surface area contributed by atoms with E-state index in [-0.39, 0.29) is 43.0 Å². The van der Waals surface area contributed by atoms with Gasteiger partial charge in [-0.1, -0.05) is 53.7 Å². The van der Waals surface area contributed by atoms with Gasteiger partial charge in [-0.2, -0.15) is 0 Å². The van der Waals surface area contributed by atoms with Crippen molar-refractivity contribution in [2.45, 2.75) is 31.7 Å². The molecule has 0 aliphatic heterocycles. The van der Waals surface area contributed by atoms with Crippen molar-refractivity contribution in [1.82, 2.24) is 10.5 Å². The molecule has 1 heterocycles. The Bertz CT molecular complexity index is 1140. The lowest BCUT2D eigenvalue weighted by atomic mass is 9.98. The van der Waals surface area contributed by atoms with Gasteiger partial charge in [0, 0.05) is 24.4 Å². The van der Waals surface area contributed by atoms with Crippen LogP contribution in [-0.2, 0) is 9.53 Å². The predicted octanol–water partition coefficient (Wildman–Crippen LogP) is 4.02. The van der Waals surface area contributed by atoms with E-state index in [2.05, 4.69) is 27.9 Å². The van der Waals surface area contributed by atoms with Crippen LogP contribution in [0.25, 0.3) is 11.1 Å². The number of carboxylic acid groups (broad SMARTS) is 1. The van der Waals surface area contributed by atoms with Crippen LogP contribution in [0, 0.1) is 0 Å². The molecule has 33 heavy (non-hydrogen) atoms. The highest BCUT2D eigenvalue weighted by atomic mass is 16.6. The van der Waals surface area contributed by atoms with Gasteiger partial charge in [0.05, 0.1) is 0 Å². The second-order valence-electron chi connectivity index (χ2n) is 7.83. The smallest absolute Gasteiger partial charge is 0.414 e. The van der Waals surface area contributed by atoms with Crippen molar-refractivity contribution in [1.29, 1.82) is 0 Å². The molecule has 9 heteroatoms. The Labute approximate surface area is 189 Å². The van der Waals surface area contributed by atoms with E-state index in [0.29, 0.717) is 0 Å².